The third-order valence-electron chi connectivity index (χ3n) is 4.60. The van der Waals surface area contributed by atoms with Crippen LogP contribution in [0.25, 0.3) is 0 Å². The number of hydrogen-bond acceptors (Lipinski definition) is 4. The molecular formula is C21H20ClIN4O. The van der Waals surface area contributed by atoms with Crippen molar-refractivity contribution in [1.82, 2.24) is 4.90 Å². The van der Waals surface area contributed by atoms with Crippen LogP contribution in [0.5, 0.6) is 0 Å². The van der Waals surface area contributed by atoms with Gasteiger partial charge in [0.2, 0.25) is 0 Å². The molecule has 3 rings (SSSR count). The minimum atomic E-state index is -0.385. The van der Waals surface area contributed by atoms with Crippen LogP contribution in [0.15, 0.2) is 54.2 Å². The summed E-state index contributed by atoms with van der Waals surface area (Å²) in [5, 5.41) is 13.0. The Labute approximate surface area is 183 Å². The average Bonchev–Trinajstić information content (AvgIpc) is 2.68. The summed E-state index contributed by atoms with van der Waals surface area (Å²) in [6, 6.07) is 15.6. The summed E-state index contributed by atoms with van der Waals surface area (Å²) in [7, 11) is 0. The maximum Gasteiger partial charge on any atom is 0.267 e. The highest BCUT2D eigenvalue weighted by molar-refractivity contribution is 14.1. The van der Waals surface area contributed by atoms with E-state index in [9.17, 15) is 10.1 Å². The molecule has 0 radical (unpaired) electrons. The Kier molecular flexibility index (Phi) is 6.81. The normalized spacial score (nSPS) is 14.6. The molecule has 0 aromatic heterocycles. The van der Waals surface area contributed by atoms with Gasteiger partial charge in [0.15, 0.2) is 0 Å². The van der Waals surface area contributed by atoms with Gasteiger partial charge in [0.05, 0.1) is 0 Å². The smallest absolute Gasteiger partial charge is 0.267 e. The molecule has 1 aliphatic heterocycles. The lowest BCUT2D eigenvalue weighted by Crippen LogP contribution is -2.44. The van der Waals surface area contributed by atoms with Crippen LogP contribution >= 0.6 is 34.2 Å². The Morgan fingerprint density at radius 3 is 2.61 bits per heavy atom. The van der Waals surface area contributed by atoms with Crippen LogP contribution in [0.2, 0.25) is 5.02 Å². The van der Waals surface area contributed by atoms with Crippen molar-refractivity contribution in [3.63, 3.8) is 0 Å². The summed E-state index contributed by atoms with van der Waals surface area (Å²) < 4.78 is 1.10. The van der Waals surface area contributed by atoms with Gasteiger partial charge in [-0.2, -0.15) is 5.26 Å². The number of anilines is 2. The number of nitriles is 1. The molecule has 0 bridgehead atoms. The van der Waals surface area contributed by atoms with Gasteiger partial charge in [-0.25, -0.2) is 0 Å². The molecule has 1 fully saturated rings. The molecule has 2 aromatic rings. The highest BCUT2D eigenvalue weighted by Crippen LogP contribution is 2.21. The highest BCUT2D eigenvalue weighted by Gasteiger charge is 2.18. The number of nitrogens with one attached hydrogen (secondary N) is 1. The van der Waals surface area contributed by atoms with E-state index in [0.29, 0.717) is 5.02 Å². The van der Waals surface area contributed by atoms with E-state index in [-0.39, 0.29) is 11.5 Å². The molecule has 0 saturated carbocycles. The highest BCUT2D eigenvalue weighted by atomic mass is 127. The fourth-order valence-electron chi connectivity index (χ4n) is 3.06. The molecule has 1 saturated heterocycles. The predicted molar refractivity (Wildman–Crippen MR) is 121 cm³/mol. The Bertz CT molecular complexity index is 946. The summed E-state index contributed by atoms with van der Waals surface area (Å²) in [6.07, 6.45) is 1.66. The van der Waals surface area contributed by atoms with Gasteiger partial charge in [-0.05, 0) is 71.5 Å². The second kappa shape index (κ2) is 9.30. The number of carbonyl (C=O) groups excluding carboxylic acids is 1. The molecule has 0 atom stereocenters. The number of nitrogens with zero attached hydrogens (tertiary/aromatic N) is 3. The first kappa shape index (κ1) is 20.5. The fraction of sp³-hybridized carbons (Fsp3) is 0.238. The van der Waals surface area contributed by atoms with E-state index in [2.05, 4.69) is 32.8 Å². The van der Waals surface area contributed by atoms with Crippen LogP contribution < -0.4 is 10.2 Å². The molecule has 144 valence electrons. The summed E-state index contributed by atoms with van der Waals surface area (Å²) >= 11 is 8.30. The molecule has 5 nitrogen and oxygen atoms in total. The summed E-state index contributed by atoms with van der Waals surface area (Å²) in [5.74, 6) is -0.385. The first-order valence-corrected chi connectivity index (χ1v) is 10.4. The van der Waals surface area contributed by atoms with Crippen molar-refractivity contribution in [1.29, 1.82) is 5.26 Å². The molecule has 1 N–H and O–H groups in total. The molecular weight excluding hydrogens is 487 g/mol. The van der Waals surface area contributed by atoms with Crippen molar-refractivity contribution in [3.8, 4) is 6.07 Å². The summed E-state index contributed by atoms with van der Waals surface area (Å²) in [5.41, 5.74) is 2.88. The lowest BCUT2D eigenvalue weighted by Gasteiger charge is -2.35. The van der Waals surface area contributed by atoms with Crippen molar-refractivity contribution < 1.29 is 4.79 Å². The Morgan fingerprint density at radius 2 is 1.96 bits per heavy atom. The van der Waals surface area contributed by atoms with Gasteiger partial charge in [0.25, 0.3) is 5.91 Å². The summed E-state index contributed by atoms with van der Waals surface area (Å²) in [4.78, 5) is 16.8. The zero-order valence-electron chi connectivity index (χ0n) is 15.5. The number of halogens is 2. The molecule has 0 aliphatic carbocycles. The minimum Gasteiger partial charge on any atom is -0.373 e. The maximum atomic E-state index is 12.5. The molecule has 28 heavy (non-hydrogen) atoms. The van der Waals surface area contributed by atoms with Crippen LogP contribution in [-0.2, 0) is 4.79 Å². The first-order chi connectivity index (χ1) is 13.5. The second-order valence-electron chi connectivity index (χ2n) is 6.57. The van der Waals surface area contributed by atoms with Crippen molar-refractivity contribution in [3.05, 3.63) is 68.4 Å². The Hall–Kier alpha value is -2.24. The maximum absolute atomic E-state index is 12.5. The van der Waals surface area contributed by atoms with Crippen LogP contribution in [0.4, 0.5) is 11.4 Å². The standard InChI is InChI=1S/C21H20ClIN4O/c1-15-11-18(23)5-6-20(15)25-21(28)16(13-24)14-26-7-9-27(10-8-26)19-4-2-3-17(22)12-19/h2-6,11-12,14H,7-10H2,1H3,(H,25,28)/b16-14-. The van der Waals surface area contributed by atoms with Crippen molar-refractivity contribution in [2.24, 2.45) is 0 Å². The third-order valence-corrected chi connectivity index (χ3v) is 5.51. The van der Waals surface area contributed by atoms with Crippen LogP contribution in [0, 0.1) is 21.8 Å². The fourth-order valence-corrected chi connectivity index (χ4v) is 3.89. The van der Waals surface area contributed by atoms with Crippen LogP contribution in [0.3, 0.4) is 0 Å². The predicted octanol–water partition coefficient (Wildman–Crippen LogP) is 4.42. The van der Waals surface area contributed by atoms with Gasteiger partial charge in [0, 0.05) is 52.3 Å². The first-order valence-electron chi connectivity index (χ1n) is 8.90. The van der Waals surface area contributed by atoms with E-state index in [1.165, 1.54) is 0 Å². The van der Waals surface area contributed by atoms with Crippen molar-refractivity contribution >= 4 is 51.5 Å². The number of rotatable bonds is 4. The number of piperazine rings is 1. The molecule has 0 spiro atoms. The average molecular weight is 507 g/mol. The van der Waals surface area contributed by atoms with Gasteiger partial charge in [0.1, 0.15) is 11.6 Å². The largest absolute Gasteiger partial charge is 0.373 e. The van der Waals surface area contributed by atoms with Crippen molar-refractivity contribution in [2.75, 3.05) is 36.4 Å². The Balaban J connectivity index is 1.63. The zero-order valence-corrected chi connectivity index (χ0v) is 18.4. The quantitative estimate of drug-likeness (QED) is 0.379. The van der Waals surface area contributed by atoms with E-state index in [1.54, 1.807) is 6.20 Å². The number of aryl methyl sites for hydroxylation is 1. The second-order valence-corrected chi connectivity index (χ2v) is 8.25. The van der Waals surface area contributed by atoms with Crippen LogP contribution in [0.1, 0.15) is 5.56 Å². The molecule has 0 unspecified atom stereocenters. The van der Waals surface area contributed by atoms with Gasteiger partial charge in [-0.1, -0.05) is 17.7 Å². The molecule has 2 aromatic carbocycles. The lowest BCUT2D eigenvalue weighted by atomic mass is 10.2. The SMILES string of the molecule is Cc1cc(I)ccc1NC(=O)/C(C#N)=C\N1CCN(c2cccc(Cl)c2)CC1. The van der Waals surface area contributed by atoms with Gasteiger partial charge in [-0.15, -0.1) is 0 Å². The third kappa shape index (κ3) is 5.18. The molecule has 7 heteroatoms. The monoisotopic (exact) mass is 506 g/mol. The van der Waals surface area contributed by atoms with Crippen LogP contribution in [-0.4, -0.2) is 37.0 Å². The molecule has 1 aliphatic rings. The molecule has 1 heterocycles. The van der Waals surface area contributed by atoms with Crippen molar-refractivity contribution in [2.45, 2.75) is 6.92 Å². The van der Waals surface area contributed by atoms with E-state index < -0.39 is 0 Å². The molecule has 1 amide bonds. The lowest BCUT2D eigenvalue weighted by molar-refractivity contribution is -0.112. The van der Waals surface area contributed by atoms with Gasteiger partial charge < -0.3 is 15.1 Å². The van der Waals surface area contributed by atoms with E-state index in [4.69, 9.17) is 11.6 Å². The van der Waals surface area contributed by atoms with Gasteiger partial charge in [-0.3, -0.25) is 4.79 Å². The number of carbonyl (C=O) groups is 1. The van der Waals surface area contributed by atoms with Gasteiger partial charge >= 0.3 is 0 Å². The van der Waals surface area contributed by atoms with E-state index in [1.807, 2.05) is 60.4 Å². The zero-order chi connectivity index (χ0) is 20.1. The number of benzene rings is 2. The number of hydrogen-bond donors (Lipinski definition) is 1. The Morgan fingerprint density at radius 1 is 1.21 bits per heavy atom. The number of amides is 1. The van der Waals surface area contributed by atoms with E-state index >= 15 is 0 Å². The minimum absolute atomic E-state index is 0.106. The van der Waals surface area contributed by atoms with E-state index in [0.717, 1.165) is 46.7 Å². The topological polar surface area (TPSA) is 59.4 Å². The summed E-state index contributed by atoms with van der Waals surface area (Å²) in [6.45, 7) is 4.99.